The number of aromatic nitrogens is 1. The fourth-order valence-electron chi connectivity index (χ4n) is 4.02. The highest BCUT2D eigenvalue weighted by Gasteiger charge is 2.52. The third-order valence-corrected chi connectivity index (χ3v) is 9.43. The van der Waals surface area contributed by atoms with Crippen molar-refractivity contribution in [3.63, 3.8) is 0 Å². The second-order valence-electron chi connectivity index (χ2n) is 7.21. The van der Waals surface area contributed by atoms with Crippen LogP contribution >= 0.6 is 15.9 Å². The maximum absolute atomic E-state index is 12.6. The Bertz CT molecular complexity index is 769. The first-order chi connectivity index (χ1) is 10.8. The lowest BCUT2D eigenvalue weighted by Crippen LogP contribution is -2.67. The van der Waals surface area contributed by atoms with Crippen molar-refractivity contribution in [2.24, 2.45) is 0 Å². The van der Waals surface area contributed by atoms with Crippen molar-refractivity contribution in [2.75, 3.05) is 6.54 Å². The number of pyridine rings is 1. The van der Waals surface area contributed by atoms with Crippen LogP contribution in [0.15, 0.2) is 42.7 Å². The molecule has 2 atom stereocenters. The Kier molecular flexibility index (Phi) is 3.13. The summed E-state index contributed by atoms with van der Waals surface area (Å²) in [6, 6.07) is 10.8. The van der Waals surface area contributed by atoms with E-state index in [1.807, 2.05) is 24.2 Å². The maximum Gasteiger partial charge on any atom is 0.241 e. The molecule has 2 aromatic rings. The normalized spacial score (nSPS) is 27.9. The van der Waals surface area contributed by atoms with Crippen molar-refractivity contribution in [3.8, 4) is 0 Å². The Morgan fingerprint density at radius 3 is 2.61 bits per heavy atom. The van der Waals surface area contributed by atoms with Crippen molar-refractivity contribution in [2.45, 2.75) is 30.4 Å². The molecule has 0 radical (unpaired) electrons. The number of hydrogen-bond acceptors (Lipinski definition) is 2. The summed E-state index contributed by atoms with van der Waals surface area (Å²) < 4.78 is -0.422. The summed E-state index contributed by atoms with van der Waals surface area (Å²) in [5.41, 5.74) is 2.49. The number of amides is 1. The molecule has 3 heterocycles. The van der Waals surface area contributed by atoms with Gasteiger partial charge in [-0.3, -0.25) is 9.78 Å². The predicted octanol–water partition coefficient (Wildman–Crippen LogP) is 2.30. The predicted molar refractivity (Wildman–Crippen MR) is 98.3 cm³/mol. The van der Waals surface area contributed by atoms with Gasteiger partial charge in [-0.15, -0.1) is 0 Å². The Morgan fingerprint density at radius 1 is 1.22 bits per heavy atom. The standard InChI is InChI=1S/C18H19BrN2OSi/c1-18(19)11-21(17(18)22)16-12-6-4-5-7-14(12)23(2,3)15-8-9-20-10-13(15)16/h4-10,16H,11H2,1-3H3. The molecular weight excluding hydrogens is 368 g/mol. The van der Waals surface area contributed by atoms with E-state index in [-0.39, 0.29) is 11.9 Å². The first-order valence-corrected chi connectivity index (χ1v) is 11.7. The summed E-state index contributed by atoms with van der Waals surface area (Å²) in [4.78, 5) is 19.0. The molecule has 3 nitrogen and oxygen atoms in total. The first-order valence-electron chi connectivity index (χ1n) is 7.88. The molecule has 1 saturated heterocycles. The van der Waals surface area contributed by atoms with Gasteiger partial charge in [0.05, 0.1) is 6.04 Å². The molecule has 1 aromatic carbocycles. The van der Waals surface area contributed by atoms with E-state index in [9.17, 15) is 4.79 Å². The second kappa shape index (κ2) is 4.77. The SMILES string of the molecule is CC1(Br)CN(C2c3ccccc3[Si](C)(C)c3ccncc32)C1=O. The quantitative estimate of drug-likeness (QED) is 0.428. The molecule has 0 aliphatic carbocycles. The van der Waals surface area contributed by atoms with Crippen molar-refractivity contribution >= 4 is 40.3 Å². The summed E-state index contributed by atoms with van der Waals surface area (Å²) in [6.45, 7) is 7.44. The number of benzene rings is 1. The minimum atomic E-state index is -1.76. The molecule has 0 bridgehead atoms. The van der Waals surface area contributed by atoms with Crippen LogP contribution < -0.4 is 10.4 Å². The third kappa shape index (κ3) is 1.99. The van der Waals surface area contributed by atoms with Gasteiger partial charge in [0.25, 0.3) is 0 Å². The number of fused-ring (bicyclic) bond motifs is 2. The van der Waals surface area contributed by atoms with Gasteiger partial charge in [-0.1, -0.05) is 53.3 Å². The third-order valence-electron chi connectivity index (χ3n) is 5.23. The molecule has 1 aromatic heterocycles. The van der Waals surface area contributed by atoms with Gasteiger partial charge in [-0.2, -0.15) is 0 Å². The monoisotopic (exact) mass is 386 g/mol. The smallest absolute Gasteiger partial charge is 0.241 e. The fourth-order valence-corrected chi connectivity index (χ4v) is 7.68. The summed E-state index contributed by atoms with van der Waals surface area (Å²) in [5, 5.41) is 2.83. The molecule has 118 valence electrons. The van der Waals surface area contributed by atoms with Crippen LogP contribution in [0.1, 0.15) is 24.1 Å². The van der Waals surface area contributed by atoms with E-state index in [0.717, 1.165) is 6.54 Å². The largest absolute Gasteiger partial charge is 0.328 e. The highest BCUT2D eigenvalue weighted by atomic mass is 79.9. The number of β-lactam (4-membered cyclic amide) rings is 1. The van der Waals surface area contributed by atoms with Gasteiger partial charge in [0.15, 0.2) is 0 Å². The number of alkyl halides is 1. The fraction of sp³-hybridized carbons (Fsp3) is 0.333. The molecule has 1 amide bonds. The number of rotatable bonds is 1. The van der Waals surface area contributed by atoms with Crippen LogP contribution in [0.25, 0.3) is 0 Å². The van der Waals surface area contributed by atoms with Crippen LogP contribution in [0.5, 0.6) is 0 Å². The average molecular weight is 387 g/mol. The van der Waals surface area contributed by atoms with Crippen molar-refractivity contribution < 1.29 is 4.79 Å². The Balaban J connectivity index is 1.93. The van der Waals surface area contributed by atoms with E-state index >= 15 is 0 Å². The highest BCUT2D eigenvalue weighted by molar-refractivity contribution is 9.10. The average Bonchev–Trinajstić information content (AvgIpc) is 2.54. The first kappa shape index (κ1) is 15.1. The molecular formula is C18H19BrN2OSi. The molecule has 2 unspecified atom stereocenters. The van der Waals surface area contributed by atoms with Crippen LogP contribution in [0.3, 0.4) is 0 Å². The summed E-state index contributed by atoms with van der Waals surface area (Å²) >= 11 is 3.54. The Labute approximate surface area is 145 Å². The zero-order chi connectivity index (χ0) is 16.4. The van der Waals surface area contributed by atoms with Gasteiger partial charge in [0.1, 0.15) is 12.4 Å². The zero-order valence-electron chi connectivity index (χ0n) is 13.5. The van der Waals surface area contributed by atoms with Gasteiger partial charge in [0, 0.05) is 18.9 Å². The van der Waals surface area contributed by atoms with Crippen LogP contribution in [0, 0.1) is 0 Å². The molecule has 2 aliphatic heterocycles. The van der Waals surface area contributed by atoms with E-state index in [4.69, 9.17) is 0 Å². The molecule has 4 rings (SSSR count). The van der Waals surface area contributed by atoms with Gasteiger partial charge in [-0.05, 0) is 34.5 Å². The van der Waals surface area contributed by atoms with Crippen LogP contribution in [-0.4, -0.2) is 34.7 Å². The molecule has 23 heavy (non-hydrogen) atoms. The maximum atomic E-state index is 12.6. The molecule has 2 aliphatic rings. The van der Waals surface area contributed by atoms with Gasteiger partial charge in [-0.25, -0.2) is 0 Å². The number of carbonyl (C=O) groups is 1. The number of hydrogen-bond donors (Lipinski definition) is 0. The summed E-state index contributed by atoms with van der Waals surface area (Å²) in [7, 11) is -1.76. The molecule has 5 heteroatoms. The minimum absolute atomic E-state index is 0.00597. The van der Waals surface area contributed by atoms with Gasteiger partial charge in [0.2, 0.25) is 5.91 Å². The van der Waals surface area contributed by atoms with Crippen molar-refractivity contribution in [3.05, 3.63) is 53.9 Å². The second-order valence-corrected chi connectivity index (χ2v) is 13.3. The van der Waals surface area contributed by atoms with Crippen LogP contribution in [0.4, 0.5) is 0 Å². The number of carbonyl (C=O) groups excluding carboxylic acids is 1. The lowest BCUT2D eigenvalue weighted by molar-refractivity contribution is -0.145. The Morgan fingerprint density at radius 2 is 1.91 bits per heavy atom. The zero-order valence-corrected chi connectivity index (χ0v) is 16.1. The van der Waals surface area contributed by atoms with Crippen molar-refractivity contribution in [1.29, 1.82) is 0 Å². The Hall–Kier alpha value is -1.46. The van der Waals surface area contributed by atoms with E-state index in [2.05, 4.69) is 64.3 Å². The van der Waals surface area contributed by atoms with E-state index in [1.54, 1.807) is 0 Å². The van der Waals surface area contributed by atoms with Crippen LogP contribution in [-0.2, 0) is 4.79 Å². The lowest BCUT2D eigenvalue weighted by Gasteiger charge is -2.51. The molecule has 0 spiro atoms. The number of halogens is 1. The number of nitrogens with zero attached hydrogens (tertiary/aromatic N) is 2. The topological polar surface area (TPSA) is 33.2 Å². The highest BCUT2D eigenvalue weighted by Crippen LogP contribution is 2.41. The summed E-state index contributed by atoms with van der Waals surface area (Å²) in [6.07, 6.45) is 3.84. The number of likely N-dealkylation sites (tertiary alicyclic amines) is 1. The van der Waals surface area contributed by atoms with Gasteiger partial charge < -0.3 is 4.90 Å². The molecule has 0 saturated carbocycles. The van der Waals surface area contributed by atoms with E-state index in [0.29, 0.717) is 0 Å². The van der Waals surface area contributed by atoms with Gasteiger partial charge >= 0.3 is 0 Å². The lowest BCUT2D eigenvalue weighted by atomic mass is 9.90. The molecule has 1 fully saturated rings. The molecule has 0 N–H and O–H groups in total. The minimum Gasteiger partial charge on any atom is -0.328 e. The van der Waals surface area contributed by atoms with E-state index in [1.165, 1.54) is 21.5 Å². The van der Waals surface area contributed by atoms with E-state index < -0.39 is 12.4 Å². The summed E-state index contributed by atoms with van der Waals surface area (Å²) in [5.74, 6) is 0.161. The van der Waals surface area contributed by atoms with Crippen molar-refractivity contribution in [1.82, 2.24) is 9.88 Å². The van der Waals surface area contributed by atoms with Crippen LogP contribution in [0.2, 0.25) is 13.1 Å².